The lowest BCUT2D eigenvalue weighted by atomic mass is 9.70. The number of hydrogen-bond acceptors (Lipinski definition) is 4. The van der Waals surface area contributed by atoms with E-state index in [1.165, 1.54) is 0 Å². The van der Waals surface area contributed by atoms with Gasteiger partial charge in [0.05, 0.1) is 5.41 Å². The second-order valence-electron chi connectivity index (χ2n) is 9.94. The number of hydrogen-bond donors (Lipinski definition) is 1. The molecule has 1 saturated heterocycles. The summed E-state index contributed by atoms with van der Waals surface area (Å²) in [5.74, 6) is 0.950. The molecule has 0 atom stereocenters. The molecule has 0 bridgehead atoms. The fourth-order valence-electron chi connectivity index (χ4n) is 5.11. The molecule has 4 rings (SSSR count). The number of phenolic OH excluding ortho intramolecular Hbond substituents is 1. The van der Waals surface area contributed by atoms with Gasteiger partial charge in [-0.1, -0.05) is 66.7 Å². The number of phenols is 1. The zero-order valence-electron chi connectivity index (χ0n) is 20.2. The maximum absolute atomic E-state index is 12.7. The second-order valence-corrected chi connectivity index (χ2v) is 9.94. The molecule has 1 heterocycles. The number of likely N-dealkylation sites (tertiary alicyclic amines) is 1. The Bertz CT molecular complexity index is 1020. The minimum absolute atomic E-state index is 0.0478. The number of carbonyl (C=O) groups is 1. The van der Waals surface area contributed by atoms with Crippen molar-refractivity contribution in [1.29, 1.82) is 0 Å². The summed E-state index contributed by atoms with van der Waals surface area (Å²) in [4.78, 5) is 15.2. The van der Waals surface area contributed by atoms with Gasteiger partial charge in [0.25, 0.3) is 0 Å². The fourth-order valence-corrected chi connectivity index (χ4v) is 5.11. The third-order valence-electron chi connectivity index (χ3n) is 7.33. The number of ether oxygens (including phenoxy) is 1. The van der Waals surface area contributed by atoms with Crippen molar-refractivity contribution in [3.05, 3.63) is 96.1 Å². The zero-order chi connectivity index (χ0) is 24.0. The van der Waals surface area contributed by atoms with Crippen molar-refractivity contribution in [3.63, 3.8) is 0 Å². The number of benzene rings is 3. The summed E-state index contributed by atoms with van der Waals surface area (Å²) < 4.78 is 6.11. The van der Waals surface area contributed by atoms with Crippen LogP contribution >= 0.6 is 0 Å². The number of carbonyl (C=O) groups excluding carboxylic acids is 1. The third kappa shape index (κ3) is 5.34. The second kappa shape index (κ2) is 10.4. The molecule has 4 heteroatoms. The van der Waals surface area contributed by atoms with Crippen LogP contribution in [0, 0.1) is 0 Å². The predicted octanol–water partition coefficient (Wildman–Crippen LogP) is 5.98. The van der Waals surface area contributed by atoms with Crippen LogP contribution in [0.2, 0.25) is 0 Å². The molecule has 0 saturated carbocycles. The van der Waals surface area contributed by atoms with Crippen molar-refractivity contribution in [2.45, 2.75) is 56.6 Å². The summed E-state index contributed by atoms with van der Waals surface area (Å²) in [5, 5.41) is 9.69. The quantitative estimate of drug-likeness (QED) is 0.402. The average Bonchev–Trinajstić information content (AvgIpc) is 2.86. The lowest BCUT2D eigenvalue weighted by Gasteiger charge is -2.44. The molecule has 1 aliphatic rings. The van der Waals surface area contributed by atoms with Gasteiger partial charge in [-0.2, -0.15) is 0 Å². The van der Waals surface area contributed by atoms with Crippen LogP contribution in [0.25, 0.3) is 0 Å². The molecule has 0 unspecified atom stereocenters. The van der Waals surface area contributed by atoms with Gasteiger partial charge >= 0.3 is 0 Å². The van der Waals surface area contributed by atoms with E-state index in [4.69, 9.17) is 4.74 Å². The van der Waals surface area contributed by atoms with Gasteiger partial charge in [-0.3, -0.25) is 4.90 Å². The number of aldehydes is 1. The van der Waals surface area contributed by atoms with Gasteiger partial charge in [0.2, 0.25) is 0 Å². The highest BCUT2D eigenvalue weighted by atomic mass is 16.5. The van der Waals surface area contributed by atoms with Gasteiger partial charge in [-0.25, -0.2) is 0 Å². The molecule has 1 aliphatic heterocycles. The highest BCUT2D eigenvalue weighted by Gasteiger charge is 2.38. The molecule has 1 N–H and O–H groups in total. The van der Waals surface area contributed by atoms with E-state index in [2.05, 4.69) is 43.0 Å². The molecule has 0 radical (unpaired) electrons. The minimum Gasteiger partial charge on any atom is -0.508 e. The SMILES string of the molecule is CC(C)(CCC(C=O)(c1ccccc1)c1ccccc1)N1CCC(Oc2cccc(O)c2)CC1. The largest absolute Gasteiger partial charge is 0.508 e. The normalized spacial score (nSPS) is 15.7. The van der Waals surface area contributed by atoms with Crippen molar-refractivity contribution in [2.75, 3.05) is 13.1 Å². The molecule has 1 fully saturated rings. The molecule has 178 valence electrons. The third-order valence-corrected chi connectivity index (χ3v) is 7.33. The summed E-state index contributed by atoms with van der Waals surface area (Å²) in [6, 6.07) is 27.3. The van der Waals surface area contributed by atoms with Crippen molar-refractivity contribution in [1.82, 2.24) is 4.90 Å². The topological polar surface area (TPSA) is 49.8 Å². The predicted molar refractivity (Wildman–Crippen MR) is 136 cm³/mol. The highest BCUT2D eigenvalue weighted by Crippen LogP contribution is 2.38. The van der Waals surface area contributed by atoms with Gasteiger partial charge in [-0.15, -0.1) is 0 Å². The van der Waals surface area contributed by atoms with Crippen LogP contribution in [0.5, 0.6) is 11.5 Å². The van der Waals surface area contributed by atoms with Gasteiger partial charge in [0, 0.05) is 24.7 Å². The summed E-state index contributed by atoms with van der Waals surface area (Å²) in [7, 11) is 0. The summed E-state index contributed by atoms with van der Waals surface area (Å²) >= 11 is 0. The Morgan fingerprint density at radius 3 is 2.00 bits per heavy atom. The maximum Gasteiger partial charge on any atom is 0.134 e. The van der Waals surface area contributed by atoms with Crippen LogP contribution in [0.15, 0.2) is 84.9 Å². The Morgan fingerprint density at radius 2 is 1.47 bits per heavy atom. The van der Waals surface area contributed by atoms with E-state index in [-0.39, 0.29) is 17.4 Å². The van der Waals surface area contributed by atoms with Crippen LogP contribution in [-0.4, -0.2) is 41.0 Å². The lowest BCUT2D eigenvalue weighted by Crippen LogP contribution is -2.50. The van der Waals surface area contributed by atoms with Gasteiger partial charge < -0.3 is 14.6 Å². The summed E-state index contributed by atoms with van der Waals surface area (Å²) in [6.45, 7) is 6.46. The summed E-state index contributed by atoms with van der Waals surface area (Å²) in [5.41, 5.74) is 1.39. The standard InChI is InChI=1S/C30H35NO3/c1-29(2,31-20-16-27(17-21-31)34-28-15-9-14-26(33)22-28)18-19-30(23-32,24-10-5-3-6-11-24)25-12-7-4-8-13-25/h3-15,22-23,27,33H,16-21H2,1-2H3. The highest BCUT2D eigenvalue weighted by molar-refractivity contribution is 5.75. The number of aromatic hydroxyl groups is 1. The lowest BCUT2D eigenvalue weighted by molar-refractivity contribution is -0.111. The van der Waals surface area contributed by atoms with Crippen LogP contribution in [0.4, 0.5) is 0 Å². The molecule has 34 heavy (non-hydrogen) atoms. The van der Waals surface area contributed by atoms with Crippen LogP contribution in [0.1, 0.15) is 50.7 Å². The molecule has 4 nitrogen and oxygen atoms in total. The van der Waals surface area contributed by atoms with Crippen molar-refractivity contribution < 1.29 is 14.6 Å². The Kier molecular flexibility index (Phi) is 7.38. The van der Waals surface area contributed by atoms with E-state index in [0.717, 1.165) is 61.9 Å². The smallest absolute Gasteiger partial charge is 0.134 e. The molecule has 0 amide bonds. The van der Waals surface area contributed by atoms with E-state index in [0.29, 0.717) is 0 Å². The first-order valence-electron chi connectivity index (χ1n) is 12.2. The van der Waals surface area contributed by atoms with Gasteiger partial charge in [-0.05, 0) is 62.8 Å². The van der Waals surface area contributed by atoms with Crippen molar-refractivity contribution in [3.8, 4) is 11.5 Å². The maximum atomic E-state index is 12.7. The van der Waals surface area contributed by atoms with Crippen molar-refractivity contribution in [2.24, 2.45) is 0 Å². The molecular formula is C30H35NO3. The Labute approximate surface area is 203 Å². The van der Waals surface area contributed by atoms with E-state index < -0.39 is 5.41 Å². The number of rotatable bonds is 9. The van der Waals surface area contributed by atoms with E-state index in [1.54, 1.807) is 12.1 Å². The first kappa shape index (κ1) is 24.0. The molecule has 0 aromatic heterocycles. The van der Waals surface area contributed by atoms with Crippen LogP contribution in [0.3, 0.4) is 0 Å². The molecule has 0 aliphatic carbocycles. The minimum atomic E-state index is -0.656. The first-order valence-corrected chi connectivity index (χ1v) is 12.2. The van der Waals surface area contributed by atoms with E-state index in [9.17, 15) is 9.90 Å². The van der Waals surface area contributed by atoms with Gasteiger partial charge in [0.15, 0.2) is 0 Å². The Morgan fingerprint density at radius 1 is 0.882 bits per heavy atom. The van der Waals surface area contributed by atoms with Crippen LogP contribution < -0.4 is 4.74 Å². The van der Waals surface area contributed by atoms with E-state index >= 15 is 0 Å². The van der Waals surface area contributed by atoms with Gasteiger partial charge in [0.1, 0.15) is 23.9 Å². The molecule has 3 aromatic rings. The number of piperidine rings is 1. The average molecular weight is 458 g/mol. The number of nitrogens with zero attached hydrogens (tertiary/aromatic N) is 1. The van der Waals surface area contributed by atoms with Crippen LogP contribution in [-0.2, 0) is 10.2 Å². The summed E-state index contributed by atoms with van der Waals surface area (Å²) in [6.07, 6.45) is 4.81. The monoisotopic (exact) mass is 457 g/mol. The Hall–Kier alpha value is -3.11. The Balaban J connectivity index is 1.44. The first-order chi connectivity index (χ1) is 16.4. The molecule has 3 aromatic carbocycles. The fraction of sp³-hybridized carbons (Fsp3) is 0.367. The molecular weight excluding hydrogens is 422 g/mol. The molecule has 0 spiro atoms. The zero-order valence-corrected chi connectivity index (χ0v) is 20.2. The van der Waals surface area contributed by atoms with E-state index in [1.807, 2.05) is 48.5 Å². The van der Waals surface area contributed by atoms with Crippen molar-refractivity contribution >= 4 is 6.29 Å².